The second-order valence-corrected chi connectivity index (χ2v) is 9.80. The monoisotopic (exact) mass is 478 g/mol. The predicted molar refractivity (Wildman–Crippen MR) is 111 cm³/mol. The summed E-state index contributed by atoms with van der Waals surface area (Å²) in [5.41, 5.74) is -0.840. The Labute approximate surface area is 185 Å². The van der Waals surface area contributed by atoms with E-state index in [1.807, 2.05) is 0 Å². The highest BCUT2D eigenvalue weighted by Gasteiger charge is 2.35. The lowest BCUT2D eigenvalue weighted by Gasteiger charge is -2.31. The fourth-order valence-electron chi connectivity index (χ4n) is 4.09. The summed E-state index contributed by atoms with van der Waals surface area (Å²) in [7, 11) is -3.90. The Morgan fingerprint density at radius 1 is 1.06 bits per heavy atom. The van der Waals surface area contributed by atoms with Gasteiger partial charge in [0.15, 0.2) is 5.65 Å². The zero-order chi connectivity index (χ0) is 23.4. The Hall–Kier alpha value is -3.25. The van der Waals surface area contributed by atoms with E-state index in [4.69, 9.17) is 4.42 Å². The average Bonchev–Trinajstić information content (AvgIpc) is 3.21. The molecule has 0 unspecified atom stereocenters. The fraction of sp³-hybridized carbons (Fsp3) is 0.286. The van der Waals surface area contributed by atoms with Crippen LogP contribution < -0.4 is 5.63 Å². The van der Waals surface area contributed by atoms with Crippen LogP contribution in [0.2, 0.25) is 0 Å². The van der Waals surface area contributed by atoms with Crippen molar-refractivity contribution in [2.24, 2.45) is 0 Å². The highest BCUT2D eigenvalue weighted by atomic mass is 32.2. The number of benzene rings is 1. The molecule has 4 heterocycles. The van der Waals surface area contributed by atoms with Crippen LogP contribution in [0.25, 0.3) is 16.6 Å². The van der Waals surface area contributed by atoms with Gasteiger partial charge in [0.2, 0.25) is 10.0 Å². The minimum atomic E-state index is -4.52. The number of halogens is 3. The van der Waals surface area contributed by atoms with E-state index in [0.717, 1.165) is 12.3 Å². The van der Waals surface area contributed by atoms with Gasteiger partial charge in [-0.25, -0.2) is 13.2 Å². The maximum Gasteiger partial charge on any atom is 0.417 e. The molecule has 1 aliphatic rings. The highest BCUT2D eigenvalue weighted by molar-refractivity contribution is 7.89. The van der Waals surface area contributed by atoms with Crippen molar-refractivity contribution >= 4 is 26.6 Å². The molecule has 1 aliphatic heterocycles. The van der Waals surface area contributed by atoms with Gasteiger partial charge in [-0.05, 0) is 49.2 Å². The Balaban J connectivity index is 1.47. The molecule has 1 saturated heterocycles. The van der Waals surface area contributed by atoms with Crippen LogP contribution in [-0.4, -0.2) is 40.4 Å². The summed E-state index contributed by atoms with van der Waals surface area (Å²) in [6, 6.07) is 9.10. The summed E-state index contributed by atoms with van der Waals surface area (Å²) in [6.07, 6.45) is -2.51. The Kier molecular flexibility index (Phi) is 5.01. The molecule has 0 amide bonds. The average molecular weight is 478 g/mol. The lowest BCUT2D eigenvalue weighted by Crippen LogP contribution is -2.39. The van der Waals surface area contributed by atoms with E-state index >= 15 is 0 Å². The first-order valence-electron chi connectivity index (χ1n) is 10.1. The van der Waals surface area contributed by atoms with Gasteiger partial charge in [-0.1, -0.05) is 0 Å². The number of pyridine rings is 1. The van der Waals surface area contributed by atoms with Crippen molar-refractivity contribution in [2.45, 2.75) is 29.8 Å². The molecule has 0 aliphatic carbocycles. The minimum Gasteiger partial charge on any atom is -0.423 e. The Bertz CT molecular complexity index is 1530. The topological polar surface area (TPSA) is 97.8 Å². The van der Waals surface area contributed by atoms with Gasteiger partial charge in [-0.2, -0.15) is 17.5 Å². The smallest absolute Gasteiger partial charge is 0.417 e. The van der Waals surface area contributed by atoms with Crippen LogP contribution in [0.15, 0.2) is 62.8 Å². The second kappa shape index (κ2) is 7.66. The van der Waals surface area contributed by atoms with E-state index in [0.29, 0.717) is 18.2 Å². The summed E-state index contributed by atoms with van der Waals surface area (Å²) < 4.78 is 73.8. The molecule has 3 aromatic heterocycles. The van der Waals surface area contributed by atoms with Gasteiger partial charge in [0, 0.05) is 36.7 Å². The number of alkyl halides is 3. The molecule has 12 heteroatoms. The molecule has 0 radical (unpaired) electrons. The molecule has 1 aromatic carbocycles. The third-order valence-corrected chi connectivity index (χ3v) is 7.59. The summed E-state index contributed by atoms with van der Waals surface area (Å²) in [6.45, 7) is 0.326. The number of aromatic nitrogens is 3. The van der Waals surface area contributed by atoms with Gasteiger partial charge in [0.1, 0.15) is 11.4 Å². The lowest BCUT2D eigenvalue weighted by molar-refractivity contribution is -0.137. The normalized spacial score (nSPS) is 18.2. The van der Waals surface area contributed by atoms with Crippen LogP contribution in [-0.2, 0) is 16.2 Å². The van der Waals surface area contributed by atoms with E-state index in [1.165, 1.54) is 45.1 Å². The molecule has 0 bridgehead atoms. The third-order valence-electron chi connectivity index (χ3n) is 5.73. The van der Waals surface area contributed by atoms with E-state index < -0.39 is 33.3 Å². The van der Waals surface area contributed by atoms with Crippen LogP contribution in [0.3, 0.4) is 0 Å². The Morgan fingerprint density at radius 2 is 1.88 bits per heavy atom. The molecule has 4 aromatic rings. The zero-order valence-corrected chi connectivity index (χ0v) is 17.8. The standard InChI is InChI=1S/C21H17F3N4O4S/c22-21(23,24)15-4-7-18-25-26-20(28(18)12-15)14-2-1-9-27(11-14)33(30,31)16-5-6-17-13(10-16)3-8-19(29)32-17/h3-8,10,12,14H,1-2,9,11H2/t14-/m0/s1. The van der Waals surface area contributed by atoms with Crippen molar-refractivity contribution in [3.8, 4) is 0 Å². The number of fused-ring (bicyclic) bond motifs is 2. The van der Waals surface area contributed by atoms with Crippen molar-refractivity contribution in [3.05, 3.63) is 70.5 Å². The highest BCUT2D eigenvalue weighted by Crippen LogP contribution is 2.33. The largest absolute Gasteiger partial charge is 0.423 e. The molecule has 5 rings (SSSR count). The third kappa shape index (κ3) is 3.89. The first-order chi connectivity index (χ1) is 15.6. The quantitative estimate of drug-likeness (QED) is 0.419. The molecule has 33 heavy (non-hydrogen) atoms. The van der Waals surface area contributed by atoms with Crippen molar-refractivity contribution < 1.29 is 26.0 Å². The first kappa shape index (κ1) is 21.6. The molecular weight excluding hydrogens is 461 g/mol. The number of rotatable bonds is 3. The second-order valence-electron chi connectivity index (χ2n) is 7.86. The lowest BCUT2D eigenvalue weighted by atomic mass is 9.99. The van der Waals surface area contributed by atoms with Crippen LogP contribution in [0.5, 0.6) is 0 Å². The number of hydrogen-bond donors (Lipinski definition) is 0. The van der Waals surface area contributed by atoms with Gasteiger partial charge in [-0.15, -0.1) is 10.2 Å². The molecule has 172 valence electrons. The summed E-state index contributed by atoms with van der Waals surface area (Å²) in [5, 5.41) is 8.47. The van der Waals surface area contributed by atoms with E-state index in [2.05, 4.69) is 10.2 Å². The number of hydrogen-bond acceptors (Lipinski definition) is 6. The summed E-state index contributed by atoms with van der Waals surface area (Å²) in [5.74, 6) is -0.137. The first-order valence-corrected chi connectivity index (χ1v) is 11.5. The maximum absolute atomic E-state index is 13.3. The maximum atomic E-state index is 13.3. The van der Waals surface area contributed by atoms with E-state index in [-0.39, 0.29) is 35.0 Å². The molecular formula is C21H17F3N4O4S. The van der Waals surface area contributed by atoms with Crippen molar-refractivity contribution in [1.82, 2.24) is 18.9 Å². The zero-order valence-electron chi connectivity index (χ0n) is 17.0. The van der Waals surface area contributed by atoms with Crippen molar-refractivity contribution in [3.63, 3.8) is 0 Å². The number of piperidine rings is 1. The van der Waals surface area contributed by atoms with Gasteiger partial charge >= 0.3 is 11.8 Å². The van der Waals surface area contributed by atoms with Gasteiger partial charge in [0.25, 0.3) is 0 Å². The van der Waals surface area contributed by atoms with Crippen LogP contribution >= 0.6 is 0 Å². The number of sulfonamides is 1. The van der Waals surface area contributed by atoms with E-state index in [9.17, 15) is 26.4 Å². The van der Waals surface area contributed by atoms with Gasteiger partial charge in [-0.3, -0.25) is 4.40 Å². The van der Waals surface area contributed by atoms with Crippen molar-refractivity contribution in [1.29, 1.82) is 0 Å². The SMILES string of the molecule is O=c1ccc2cc(S(=O)(=O)N3CCC[C@H](c4nnc5ccc(C(F)(F)F)cn45)C3)ccc2o1. The summed E-state index contributed by atoms with van der Waals surface area (Å²) in [4.78, 5) is 11.4. The number of nitrogens with zero attached hydrogens (tertiary/aromatic N) is 4. The van der Waals surface area contributed by atoms with Crippen molar-refractivity contribution in [2.75, 3.05) is 13.1 Å². The molecule has 0 N–H and O–H groups in total. The molecule has 1 atom stereocenters. The van der Waals surface area contributed by atoms with Gasteiger partial charge < -0.3 is 4.42 Å². The molecule has 1 fully saturated rings. The van der Waals surface area contributed by atoms with Crippen LogP contribution in [0, 0.1) is 0 Å². The van der Waals surface area contributed by atoms with Crippen LogP contribution in [0.4, 0.5) is 13.2 Å². The minimum absolute atomic E-state index is 0.0370. The Morgan fingerprint density at radius 3 is 2.67 bits per heavy atom. The van der Waals surface area contributed by atoms with E-state index in [1.54, 1.807) is 0 Å². The molecule has 8 nitrogen and oxygen atoms in total. The predicted octanol–water partition coefficient (Wildman–Crippen LogP) is 3.42. The summed E-state index contributed by atoms with van der Waals surface area (Å²) >= 11 is 0. The fourth-order valence-corrected chi connectivity index (χ4v) is 5.65. The molecule has 0 saturated carbocycles. The van der Waals surface area contributed by atoms with Crippen LogP contribution in [0.1, 0.15) is 30.1 Å². The molecule has 0 spiro atoms. The van der Waals surface area contributed by atoms with Gasteiger partial charge in [0.05, 0.1) is 10.5 Å².